The zero-order valence-corrected chi connectivity index (χ0v) is 43.7. The van der Waals surface area contributed by atoms with Crippen molar-refractivity contribution in [2.24, 2.45) is 0 Å². The van der Waals surface area contributed by atoms with Crippen LogP contribution in [0.3, 0.4) is 0 Å². The van der Waals surface area contributed by atoms with Gasteiger partial charge in [-0.05, 0) is 149 Å². The fourth-order valence-corrected chi connectivity index (χ4v) is 12.1. The first kappa shape index (κ1) is 44.9. The molecule has 0 spiro atoms. The largest absolute Gasteiger partial charge is 0.311 e. The molecule has 0 fully saturated rings. The highest BCUT2D eigenvalue weighted by Crippen LogP contribution is 2.53. The van der Waals surface area contributed by atoms with Gasteiger partial charge in [-0.3, -0.25) is 0 Å². The van der Waals surface area contributed by atoms with Crippen LogP contribution in [0.15, 0.2) is 84.9 Å². The smallest absolute Gasteiger partial charge is 0.264 e. The second-order valence-corrected chi connectivity index (χ2v) is 27.4. The van der Waals surface area contributed by atoms with Crippen molar-refractivity contribution in [2.45, 2.75) is 182 Å². The van der Waals surface area contributed by atoms with E-state index in [0.29, 0.717) is 0 Å². The molecule has 0 bridgehead atoms. The van der Waals surface area contributed by atoms with E-state index in [9.17, 15) is 0 Å². The zero-order valence-electron chi connectivity index (χ0n) is 42.9. The maximum Gasteiger partial charge on any atom is 0.264 e. The summed E-state index contributed by atoms with van der Waals surface area (Å²) in [5.74, 6) is 0. The molecule has 0 atom stereocenters. The summed E-state index contributed by atoms with van der Waals surface area (Å²) < 4.78 is 2.82. The van der Waals surface area contributed by atoms with Crippen LogP contribution in [-0.4, -0.2) is 6.71 Å². The van der Waals surface area contributed by atoms with Crippen LogP contribution < -0.4 is 25.5 Å². The molecular weight excluding hydrogens is 792 g/mol. The lowest BCUT2D eigenvalue weighted by Crippen LogP contribution is -2.60. The molecule has 64 heavy (non-hydrogen) atoms. The predicted octanol–water partition coefficient (Wildman–Crippen LogP) is 15.8. The van der Waals surface area contributed by atoms with Gasteiger partial charge in [-0.1, -0.05) is 168 Å². The van der Waals surface area contributed by atoms with Gasteiger partial charge in [-0.25, -0.2) is 0 Å². The van der Waals surface area contributed by atoms with Gasteiger partial charge < -0.3 is 9.80 Å². The van der Waals surface area contributed by atoms with Crippen LogP contribution in [0.1, 0.15) is 183 Å². The molecule has 334 valence electrons. The summed E-state index contributed by atoms with van der Waals surface area (Å²) >= 11 is 2.03. The Hall–Kier alpha value is -4.28. The van der Waals surface area contributed by atoms with Crippen molar-refractivity contribution in [3.05, 3.63) is 124 Å². The molecule has 6 aromatic rings. The number of rotatable bonds is 2. The summed E-state index contributed by atoms with van der Waals surface area (Å²) in [6.07, 6.45) is 2.38. The number of fused-ring (bicyclic) bond motifs is 7. The van der Waals surface area contributed by atoms with Crippen molar-refractivity contribution in [3.8, 4) is 0 Å². The minimum absolute atomic E-state index is 0.0143. The van der Waals surface area contributed by atoms with Gasteiger partial charge >= 0.3 is 0 Å². The molecule has 0 N–H and O–H groups in total. The maximum atomic E-state index is 2.72. The molecule has 4 heteroatoms. The van der Waals surface area contributed by atoms with E-state index in [2.05, 4.69) is 226 Å². The van der Waals surface area contributed by atoms with Gasteiger partial charge in [0.1, 0.15) is 0 Å². The van der Waals surface area contributed by atoms with E-state index in [0.717, 1.165) is 0 Å². The summed E-state index contributed by atoms with van der Waals surface area (Å²) in [7, 11) is 0. The Morgan fingerprint density at radius 1 is 0.453 bits per heavy atom. The summed E-state index contributed by atoms with van der Waals surface area (Å²) in [5, 5.41) is 1.35. The Kier molecular flexibility index (Phi) is 9.91. The van der Waals surface area contributed by atoms with Crippen molar-refractivity contribution in [1.29, 1.82) is 0 Å². The van der Waals surface area contributed by atoms with Crippen LogP contribution in [0.5, 0.6) is 0 Å². The van der Waals surface area contributed by atoms with E-state index in [1.54, 1.807) is 0 Å². The Labute approximate surface area is 392 Å². The third kappa shape index (κ3) is 7.28. The molecule has 2 nitrogen and oxygen atoms in total. The number of hydrogen-bond acceptors (Lipinski definition) is 3. The second kappa shape index (κ2) is 14.1. The third-order valence-corrected chi connectivity index (χ3v) is 16.5. The van der Waals surface area contributed by atoms with Gasteiger partial charge in [-0.15, -0.1) is 11.3 Å². The van der Waals surface area contributed by atoms with Crippen LogP contribution in [-0.2, 0) is 37.9 Å². The summed E-state index contributed by atoms with van der Waals surface area (Å²) in [5.41, 5.74) is 20.5. The Bertz CT molecular complexity index is 2840. The Balaban J connectivity index is 1.46. The minimum atomic E-state index is -0.0982. The van der Waals surface area contributed by atoms with Crippen molar-refractivity contribution < 1.29 is 0 Å². The van der Waals surface area contributed by atoms with E-state index in [4.69, 9.17) is 0 Å². The quantitative estimate of drug-likeness (QED) is 0.160. The van der Waals surface area contributed by atoms with E-state index >= 15 is 0 Å². The monoisotopic (exact) mass is 867 g/mol. The molecule has 1 aromatic heterocycles. The van der Waals surface area contributed by atoms with Gasteiger partial charge in [0.25, 0.3) is 6.71 Å². The molecule has 0 unspecified atom stereocenters. The number of benzene rings is 5. The predicted molar refractivity (Wildman–Crippen MR) is 285 cm³/mol. The summed E-state index contributed by atoms with van der Waals surface area (Å²) in [4.78, 5) is 5.39. The molecule has 0 saturated carbocycles. The van der Waals surface area contributed by atoms with Gasteiger partial charge in [0.15, 0.2) is 0 Å². The molecule has 0 amide bonds. The zero-order chi connectivity index (χ0) is 46.6. The van der Waals surface area contributed by atoms with Crippen molar-refractivity contribution >= 4 is 78.0 Å². The number of anilines is 6. The summed E-state index contributed by atoms with van der Waals surface area (Å²) in [6.45, 7) is 45.4. The van der Waals surface area contributed by atoms with Gasteiger partial charge in [0.05, 0.1) is 5.69 Å². The lowest BCUT2D eigenvalue weighted by Gasteiger charge is -2.46. The fraction of sp³-hybridized carbons (Fsp3) is 0.467. The molecule has 3 heterocycles. The van der Waals surface area contributed by atoms with Crippen molar-refractivity contribution in [2.75, 3.05) is 9.80 Å². The van der Waals surface area contributed by atoms with Gasteiger partial charge in [-0.2, -0.15) is 0 Å². The third-order valence-electron chi connectivity index (χ3n) is 15.3. The Morgan fingerprint density at radius 2 is 0.953 bits per heavy atom. The van der Waals surface area contributed by atoms with Gasteiger partial charge in [0, 0.05) is 43.3 Å². The first-order chi connectivity index (χ1) is 29.4. The highest BCUT2D eigenvalue weighted by Gasteiger charge is 2.47. The van der Waals surface area contributed by atoms with Crippen molar-refractivity contribution in [1.82, 2.24) is 0 Å². The topological polar surface area (TPSA) is 6.48 Å². The first-order valence-corrected chi connectivity index (χ1v) is 25.0. The summed E-state index contributed by atoms with van der Waals surface area (Å²) in [6, 6.07) is 35.0. The van der Waals surface area contributed by atoms with Crippen LogP contribution in [0.25, 0.3) is 10.1 Å². The van der Waals surface area contributed by atoms with Gasteiger partial charge in [0.2, 0.25) is 0 Å². The minimum Gasteiger partial charge on any atom is -0.311 e. The van der Waals surface area contributed by atoms with Crippen LogP contribution in [0.4, 0.5) is 34.1 Å². The van der Waals surface area contributed by atoms with Crippen LogP contribution in [0, 0.1) is 0 Å². The molecule has 9 rings (SSSR count). The normalized spacial score (nSPS) is 17.0. The maximum absolute atomic E-state index is 2.72. The fourth-order valence-electron chi connectivity index (χ4n) is 10.7. The molecule has 1 aliphatic carbocycles. The Morgan fingerprint density at radius 3 is 1.52 bits per heavy atom. The lowest BCUT2D eigenvalue weighted by atomic mass is 9.36. The second-order valence-electron chi connectivity index (χ2n) is 26.3. The molecule has 0 radical (unpaired) electrons. The molecule has 0 saturated heterocycles. The average molecular weight is 867 g/mol. The van der Waals surface area contributed by atoms with E-state index in [1.807, 2.05) is 11.3 Å². The molecule has 5 aromatic carbocycles. The lowest BCUT2D eigenvalue weighted by molar-refractivity contribution is 0.332. The molecule has 2 aliphatic heterocycles. The molecular formula is C60H75BN2S. The van der Waals surface area contributed by atoms with Crippen LogP contribution in [0.2, 0.25) is 0 Å². The van der Waals surface area contributed by atoms with Crippen molar-refractivity contribution in [3.63, 3.8) is 0 Å². The van der Waals surface area contributed by atoms with Crippen LogP contribution >= 0.6 is 11.3 Å². The number of thiophene rings is 1. The number of hydrogen-bond donors (Lipinski definition) is 0. The standard InChI is InChI=1S/C60H75BN2S/c1-54(2,3)36-21-25-47-46(31-36)61-51-48(62(47)42-29-38(56(7,8)9)28-39(30-42)57(10,11)12)32-40(58(13,14)15)33-49(51)63(41-22-24-44-45(35-41)60(18,19)27-26-59(44,16)17)52-43-23-20-37(55(4,5)6)34-50(43)64-53(52)61/h20-25,28-35H,26-27H2,1-19H3. The molecule has 3 aliphatic rings. The highest BCUT2D eigenvalue weighted by molar-refractivity contribution is 7.33. The average Bonchev–Trinajstić information content (AvgIpc) is 3.56. The highest BCUT2D eigenvalue weighted by atomic mass is 32.1. The van der Waals surface area contributed by atoms with E-state index < -0.39 is 0 Å². The van der Waals surface area contributed by atoms with E-state index in [1.165, 1.54) is 112 Å². The SMILES string of the molecule is CC(C)(C)c1cc(N2c3ccc(C(C)(C)C)cc3B3c4sc5cc(C(C)(C)C)ccc5c4N(c4ccc5c(c4)C(C)(C)CCC5(C)C)c4cc(C(C)(C)C)cc2c43)cc(C(C)(C)C)c1. The number of nitrogens with zero attached hydrogens (tertiary/aromatic N) is 2. The first-order valence-electron chi connectivity index (χ1n) is 24.2. The van der Waals surface area contributed by atoms with E-state index in [-0.39, 0.29) is 44.6 Å².